The standard InChI is InChI=1S/C18H15F3N2O3S/c1-23-12-8-13(25-2)14(26-3)9-15(12)27-17(23)22-16(24)10-4-6-11(7-5-10)18(19,20)21/h4-9H,1-3H3. The molecule has 1 amide bonds. The number of benzene rings is 2. The molecule has 0 aliphatic heterocycles. The van der Waals surface area contributed by atoms with Gasteiger partial charge < -0.3 is 14.0 Å². The molecule has 0 unspecified atom stereocenters. The smallest absolute Gasteiger partial charge is 0.416 e. The number of carbonyl (C=O) groups excluding carboxylic acids is 1. The van der Waals surface area contributed by atoms with E-state index in [9.17, 15) is 18.0 Å². The maximum atomic E-state index is 12.6. The third-order valence-electron chi connectivity index (χ3n) is 3.97. The number of halogens is 3. The Morgan fingerprint density at radius 3 is 2.22 bits per heavy atom. The first-order valence-corrected chi connectivity index (χ1v) is 8.54. The molecule has 0 fully saturated rings. The van der Waals surface area contributed by atoms with Crippen LogP contribution in [0.3, 0.4) is 0 Å². The number of ether oxygens (including phenoxy) is 2. The van der Waals surface area contributed by atoms with Crippen molar-refractivity contribution in [2.75, 3.05) is 14.2 Å². The zero-order chi connectivity index (χ0) is 19.8. The van der Waals surface area contributed by atoms with E-state index < -0.39 is 17.6 Å². The van der Waals surface area contributed by atoms with Crippen LogP contribution < -0.4 is 14.3 Å². The summed E-state index contributed by atoms with van der Waals surface area (Å²) >= 11 is 1.26. The number of nitrogens with zero attached hydrogens (tertiary/aromatic N) is 2. The van der Waals surface area contributed by atoms with Crippen molar-refractivity contribution in [3.05, 3.63) is 52.3 Å². The summed E-state index contributed by atoms with van der Waals surface area (Å²) in [4.78, 5) is 16.8. The summed E-state index contributed by atoms with van der Waals surface area (Å²) in [5, 5.41) is 0. The van der Waals surface area contributed by atoms with Crippen molar-refractivity contribution in [2.45, 2.75) is 6.18 Å². The lowest BCUT2D eigenvalue weighted by atomic mass is 10.1. The molecule has 0 bridgehead atoms. The SMILES string of the molecule is COc1cc2sc(=NC(=O)c3ccc(C(F)(F)F)cc3)n(C)c2cc1OC. The van der Waals surface area contributed by atoms with Crippen molar-refractivity contribution >= 4 is 27.5 Å². The zero-order valence-corrected chi connectivity index (χ0v) is 15.4. The second kappa shape index (κ2) is 7.07. The number of carbonyl (C=O) groups is 1. The second-order valence-electron chi connectivity index (χ2n) is 5.61. The van der Waals surface area contributed by atoms with E-state index in [0.29, 0.717) is 16.3 Å². The van der Waals surface area contributed by atoms with Crippen LogP contribution in [0.4, 0.5) is 13.2 Å². The number of amides is 1. The second-order valence-corrected chi connectivity index (χ2v) is 6.62. The van der Waals surface area contributed by atoms with Crippen LogP contribution in [0.25, 0.3) is 10.2 Å². The van der Waals surface area contributed by atoms with Crippen molar-refractivity contribution in [3.8, 4) is 11.5 Å². The first kappa shape index (κ1) is 19.0. The molecule has 0 atom stereocenters. The summed E-state index contributed by atoms with van der Waals surface area (Å²) in [5.74, 6) is 0.469. The highest BCUT2D eigenvalue weighted by atomic mass is 32.1. The third-order valence-corrected chi connectivity index (χ3v) is 5.07. The highest BCUT2D eigenvalue weighted by Gasteiger charge is 2.30. The number of hydrogen-bond donors (Lipinski definition) is 0. The van der Waals surface area contributed by atoms with E-state index in [4.69, 9.17) is 9.47 Å². The van der Waals surface area contributed by atoms with Gasteiger partial charge in [0.05, 0.1) is 30.0 Å². The minimum absolute atomic E-state index is 0.0793. The maximum Gasteiger partial charge on any atom is 0.416 e. The molecule has 3 rings (SSSR count). The molecule has 0 aliphatic carbocycles. The van der Waals surface area contributed by atoms with Gasteiger partial charge in [0, 0.05) is 24.7 Å². The normalized spacial score (nSPS) is 12.4. The van der Waals surface area contributed by atoms with E-state index in [1.807, 2.05) is 0 Å². The van der Waals surface area contributed by atoms with Crippen LogP contribution in [0.2, 0.25) is 0 Å². The third kappa shape index (κ3) is 3.68. The Morgan fingerprint density at radius 1 is 1.07 bits per heavy atom. The molecule has 1 heterocycles. The van der Waals surface area contributed by atoms with Crippen molar-refractivity contribution in [3.63, 3.8) is 0 Å². The zero-order valence-electron chi connectivity index (χ0n) is 14.6. The van der Waals surface area contributed by atoms with E-state index in [1.165, 1.54) is 25.6 Å². The van der Waals surface area contributed by atoms with Crippen molar-refractivity contribution in [1.82, 2.24) is 4.57 Å². The van der Waals surface area contributed by atoms with Crippen molar-refractivity contribution in [1.29, 1.82) is 0 Å². The van der Waals surface area contributed by atoms with Gasteiger partial charge in [-0.15, -0.1) is 0 Å². The fraction of sp³-hybridized carbons (Fsp3) is 0.222. The number of aromatic nitrogens is 1. The number of hydrogen-bond acceptors (Lipinski definition) is 4. The van der Waals surface area contributed by atoms with Gasteiger partial charge >= 0.3 is 6.18 Å². The molecule has 0 aliphatic rings. The van der Waals surface area contributed by atoms with E-state index in [0.717, 1.165) is 34.5 Å². The average Bonchev–Trinajstić information content (AvgIpc) is 2.94. The number of aryl methyl sites for hydroxylation is 1. The first-order chi connectivity index (χ1) is 12.7. The maximum absolute atomic E-state index is 12.6. The van der Waals surface area contributed by atoms with Crippen LogP contribution in [0.5, 0.6) is 11.5 Å². The predicted octanol–water partition coefficient (Wildman–Crippen LogP) is 4.02. The van der Waals surface area contributed by atoms with Crippen molar-refractivity contribution in [2.24, 2.45) is 12.0 Å². The van der Waals surface area contributed by atoms with Gasteiger partial charge in [0.1, 0.15) is 0 Å². The van der Waals surface area contributed by atoms with Crippen LogP contribution in [0.15, 0.2) is 41.4 Å². The lowest BCUT2D eigenvalue weighted by molar-refractivity contribution is -0.137. The molecule has 142 valence electrons. The van der Waals surface area contributed by atoms with Crippen LogP contribution in [-0.4, -0.2) is 24.7 Å². The Labute approximate surface area is 156 Å². The number of methoxy groups -OCH3 is 2. The van der Waals surface area contributed by atoms with Gasteiger partial charge in [-0.2, -0.15) is 18.2 Å². The molecule has 0 saturated heterocycles. The van der Waals surface area contributed by atoms with Gasteiger partial charge in [-0.3, -0.25) is 4.79 Å². The lowest BCUT2D eigenvalue weighted by Crippen LogP contribution is -2.13. The van der Waals surface area contributed by atoms with Gasteiger partial charge in [0.2, 0.25) is 0 Å². The molecule has 0 spiro atoms. The van der Waals surface area contributed by atoms with Gasteiger partial charge in [-0.05, 0) is 24.3 Å². The van der Waals surface area contributed by atoms with E-state index in [-0.39, 0.29) is 5.56 Å². The Bertz CT molecular complexity index is 1070. The van der Waals surface area contributed by atoms with Crippen LogP contribution in [0.1, 0.15) is 15.9 Å². The van der Waals surface area contributed by atoms with Crippen LogP contribution in [-0.2, 0) is 13.2 Å². The van der Waals surface area contributed by atoms with Crippen LogP contribution in [0, 0.1) is 0 Å². The molecule has 0 radical (unpaired) electrons. The van der Waals surface area contributed by atoms with Gasteiger partial charge in [0.15, 0.2) is 16.3 Å². The summed E-state index contributed by atoms with van der Waals surface area (Å²) in [6.07, 6.45) is -4.45. The average molecular weight is 396 g/mol. The lowest BCUT2D eigenvalue weighted by Gasteiger charge is -2.07. The summed E-state index contributed by atoms with van der Waals surface area (Å²) in [7, 11) is 4.79. The number of rotatable bonds is 3. The number of alkyl halides is 3. The molecule has 1 aromatic heterocycles. The fourth-order valence-corrected chi connectivity index (χ4v) is 3.54. The topological polar surface area (TPSA) is 52.8 Å². The monoisotopic (exact) mass is 396 g/mol. The molecular weight excluding hydrogens is 381 g/mol. The summed E-state index contributed by atoms with van der Waals surface area (Å²) in [6.45, 7) is 0. The van der Waals surface area contributed by atoms with E-state index in [1.54, 1.807) is 23.7 Å². The molecule has 0 saturated carbocycles. The van der Waals surface area contributed by atoms with Crippen molar-refractivity contribution < 1.29 is 27.4 Å². The molecule has 0 N–H and O–H groups in total. The molecule has 3 aromatic rings. The summed E-state index contributed by atoms with van der Waals surface area (Å²) in [5.41, 5.74) is 0.0536. The minimum atomic E-state index is -4.45. The van der Waals surface area contributed by atoms with E-state index >= 15 is 0 Å². The highest BCUT2D eigenvalue weighted by Crippen LogP contribution is 2.33. The summed E-state index contributed by atoms with van der Waals surface area (Å²) in [6, 6.07) is 7.52. The van der Waals surface area contributed by atoms with Crippen LogP contribution >= 0.6 is 11.3 Å². The van der Waals surface area contributed by atoms with Gasteiger partial charge in [-0.1, -0.05) is 11.3 Å². The number of thiazole rings is 1. The van der Waals surface area contributed by atoms with Gasteiger partial charge in [0.25, 0.3) is 5.91 Å². The minimum Gasteiger partial charge on any atom is -0.493 e. The molecule has 27 heavy (non-hydrogen) atoms. The Hall–Kier alpha value is -2.81. The quantitative estimate of drug-likeness (QED) is 0.672. The molecule has 9 heteroatoms. The molecule has 2 aromatic carbocycles. The number of fused-ring (bicyclic) bond motifs is 1. The Balaban J connectivity index is 2.02. The summed E-state index contributed by atoms with van der Waals surface area (Å²) < 4.78 is 51.0. The highest BCUT2D eigenvalue weighted by molar-refractivity contribution is 7.16. The fourth-order valence-electron chi connectivity index (χ4n) is 2.51. The van der Waals surface area contributed by atoms with E-state index in [2.05, 4.69) is 4.99 Å². The molecule has 5 nitrogen and oxygen atoms in total. The molecular formula is C18H15F3N2O3S. The van der Waals surface area contributed by atoms with Gasteiger partial charge in [-0.25, -0.2) is 0 Å². The first-order valence-electron chi connectivity index (χ1n) is 7.72. The Morgan fingerprint density at radius 2 is 1.67 bits per heavy atom. The largest absolute Gasteiger partial charge is 0.493 e. The predicted molar refractivity (Wildman–Crippen MR) is 95.2 cm³/mol. The Kier molecular flexibility index (Phi) is 4.97.